The van der Waals surface area contributed by atoms with Crippen molar-refractivity contribution < 1.29 is 17.9 Å². The summed E-state index contributed by atoms with van der Waals surface area (Å²) in [5.41, 5.74) is 1.03. The van der Waals surface area contributed by atoms with Crippen molar-refractivity contribution in [3.63, 3.8) is 0 Å². The first-order chi connectivity index (χ1) is 9.03. The summed E-state index contributed by atoms with van der Waals surface area (Å²) in [4.78, 5) is 0. The van der Waals surface area contributed by atoms with Crippen molar-refractivity contribution in [2.24, 2.45) is 0 Å². The van der Waals surface area contributed by atoms with E-state index in [-0.39, 0.29) is 6.42 Å². The zero-order valence-electron chi connectivity index (χ0n) is 11.1. The van der Waals surface area contributed by atoms with Crippen LogP contribution >= 0.6 is 0 Å². The average molecular weight is 275 g/mol. The topological polar surface area (TPSA) is 21.3 Å². The number of benzene rings is 1. The molecule has 0 aliphatic rings. The van der Waals surface area contributed by atoms with Gasteiger partial charge in [-0.2, -0.15) is 13.2 Å². The molecule has 0 aliphatic heterocycles. The standard InChI is InChI=1S/C14H20F3NO/c1-2-19-13-8-4-3-7-12(13)11-18-10-6-5-9-14(15,16)17/h3-4,7-8,18H,2,5-6,9-11H2,1H3. The van der Waals surface area contributed by atoms with Crippen LogP contribution in [0, 0.1) is 0 Å². The Morgan fingerprint density at radius 1 is 1.16 bits per heavy atom. The van der Waals surface area contributed by atoms with Gasteiger partial charge in [-0.15, -0.1) is 0 Å². The van der Waals surface area contributed by atoms with Gasteiger partial charge >= 0.3 is 6.18 Å². The van der Waals surface area contributed by atoms with Crippen molar-refractivity contribution >= 4 is 0 Å². The van der Waals surface area contributed by atoms with Crippen molar-refractivity contribution in [3.05, 3.63) is 29.8 Å². The molecule has 0 heterocycles. The van der Waals surface area contributed by atoms with Crippen LogP contribution in [0.3, 0.4) is 0 Å². The summed E-state index contributed by atoms with van der Waals surface area (Å²) >= 11 is 0. The molecular weight excluding hydrogens is 255 g/mol. The van der Waals surface area contributed by atoms with Crippen LogP contribution < -0.4 is 10.1 Å². The molecule has 1 aromatic rings. The Labute approximate surface area is 112 Å². The zero-order chi connectivity index (χ0) is 14.1. The minimum atomic E-state index is -4.04. The lowest BCUT2D eigenvalue weighted by molar-refractivity contribution is -0.135. The van der Waals surface area contributed by atoms with Crippen LogP contribution in [0.4, 0.5) is 13.2 Å². The molecule has 0 amide bonds. The van der Waals surface area contributed by atoms with Gasteiger partial charge in [-0.25, -0.2) is 0 Å². The largest absolute Gasteiger partial charge is 0.494 e. The molecule has 0 fully saturated rings. The second-order valence-electron chi connectivity index (χ2n) is 4.29. The van der Waals surface area contributed by atoms with E-state index >= 15 is 0 Å². The van der Waals surface area contributed by atoms with E-state index in [4.69, 9.17) is 4.74 Å². The van der Waals surface area contributed by atoms with E-state index in [1.165, 1.54) is 0 Å². The Hall–Kier alpha value is -1.23. The van der Waals surface area contributed by atoms with E-state index < -0.39 is 12.6 Å². The Morgan fingerprint density at radius 3 is 2.58 bits per heavy atom. The normalized spacial score (nSPS) is 11.6. The van der Waals surface area contributed by atoms with Gasteiger partial charge < -0.3 is 10.1 Å². The molecule has 0 radical (unpaired) electrons. The van der Waals surface area contributed by atoms with Crippen LogP contribution in [0.5, 0.6) is 5.75 Å². The van der Waals surface area contributed by atoms with E-state index in [9.17, 15) is 13.2 Å². The number of rotatable bonds is 8. The third-order valence-corrected chi connectivity index (χ3v) is 2.65. The molecule has 0 saturated carbocycles. The first-order valence-corrected chi connectivity index (χ1v) is 6.51. The second kappa shape index (κ2) is 8.04. The van der Waals surface area contributed by atoms with Crippen LogP contribution in [-0.4, -0.2) is 19.3 Å². The van der Waals surface area contributed by atoms with Gasteiger partial charge in [0.2, 0.25) is 0 Å². The summed E-state index contributed by atoms with van der Waals surface area (Å²) in [6.07, 6.45) is -4.05. The van der Waals surface area contributed by atoms with Gasteiger partial charge in [0.05, 0.1) is 6.61 Å². The van der Waals surface area contributed by atoms with Crippen molar-refractivity contribution in [2.75, 3.05) is 13.2 Å². The molecule has 0 spiro atoms. The van der Waals surface area contributed by atoms with Crippen LogP contribution in [0.1, 0.15) is 31.7 Å². The number of alkyl halides is 3. The maximum Gasteiger partial charge on any atom is 0.389 e. The van der Waals surface area contributed by atoms with Crippen LogP contribution in [-0.2, 0) is 6.54 Å². The number of hydrogen-bond acceptors (Lipinski definition) is 2. The molecule has 108 valence electrons. The minimum Gasteiger partial charge on any atom is -0.494 e. The summed E-state index contributed by atoms with van der Waals surface area (Å²) in [7, 11) is 0. The summed E-state index contributed by atoms with van der Waals surface area (Å²) in [5.74, 6) is 0.827. The monoisotopic (exact) mass is 275 g/mol. The fraction of sp³-hybridized carbons (Fsp3) is 0.571. The molecule has 0 unspecified atom stereocenters. The van der Waals surface area contributed by atoms with E-state index in [2.05, 4.69) is 5.32 Å². The number of hydrogen-bond donors (Lipinski definition) is 1. The molecular formula is C14H20F3NO. The number of halogens is 3. The lowest BCUT2D eigenvalue weighted by Crippen LogP contribution is -2.16. The second-order valence-corrected chi connectivity index (χ2v) is 4.29. The molecule has 0 saturated heterocycles. The Balaban J connectivity index is 2.22. The lowest BCUT2D eigenvalue weighted by Gasteiger charge is -2.11. The molecule has 5 heteroatoms. The van der Waals surface area contributed by atoms with Gasteiger partial charge in [0.1, 0.15) is 5.75 Å². The Morgan fingerprint density at radius 2 is 1.89 bits per heavy atom. The SMILES string of the molecule is CCOc1ccccc1CNCCCCC(F)(F)F. The molecule has 0 atom stereocenters. The highest BCUT2D eigenvalue weighted by atomic mass is 19.4. The van der Waals surface area contributed by atoms with Gasteiger partial charge in [-0.1, -0.05) is 18.2 Å². The quantitative estimate of drug-likeness (QED) is 0.726. The maximum absolute atomic E-state index is 11.9. The number of nitrogens with one attached hydrogen (secondary N) is 1. The highest BCUT2D eigenvalue weighted by molar-refractivity contribution is 5.33. The highest BCUT2D eigenvalue weighted by Crippen LogP contribution is 2.22. The summed E-state index contributed by atoms with van der Waals surface area (Å²) in [6, 6.07) is 7.67. The van der Waals surface area contributed by atoms with E-state index in [1.54, 1.807) is 0 Å². The molecule has 19 heavy (non-hydrogen) atoms. The van der Waals surface area contributed by atoms with Gasteiger partial charge in [-0.05, 0) is 32.4 Å². The zero-order valence-corrected chi connectivity index (χ0v) is 11.1. The molecule has 1 N–H and O–H groups in total. The van der Waals surface area contributed by atoms with Gasteiger partial charge in [0.15, 0.2) is 0 Å². The molecule has 2 nitrogen and oxygen atoms in total. The maximum atomic E-state index is 11.9. The predicted octanol–water partition coefficient (Wildman–Crippen LogP) is 3.91. The smallest absolute Gasteiger partial charge is 0.389 e. The summed E-state index contributed by atoms with van der Waals surface area (Å²) < 4.78 is 41.3. The fourth-order valence-corrected chi connectivity index (χ4v) is 1.74. The van der Waals surface area contributed by atoms with E-state index in [0.29, 0.717) is 26.1 Å². The highest BCUT2D eigenvalue weighted by Gasteiger charge is 2.25. The van der Waals surface area contributed by atoms with Crippen LogP contribution in [0.25, 0.3) is 0 Å². The molecule has 1 rings (SSSR count). The third kappa shape index (κ3) is 7.06. The lowest BCUT2D eigenvalue weighted by atomic mass is 10.2. The molecule has 0 aromatic heterocycles. The van der Waals surface area contributed by atoms with Gasteiger partial charge in [0.25, 0.3) is 0 Å². The first kappa shape index (κ1) is 15.8. The summed E-state index contributed by atoms with van der Waals surface area (Å²) in [6.45, 7) is 3.71. The van der Waals surface area contributed by atoms with Gasteiger partial charge in [0, 0.05) is 18.5 Å². The summed E-state index contributed by atoms with van der Waals surface area (Å²) in [5, 5.41) is 3.14. The Kier molecular flexibility index (Phi) is 6.70. The van der Waals surface area contributed by atoms with Crippen molar-refractivity contribution in [2.45, 2.75) is 38.9 Å². The minimum absolute atomic E-state index is 0.170. The Bertz CT molecular complexity index is 366. The number of ether oxygens (including phenoxy) is 1. The van der Waals surface area contributed by atoms with E-state index in [1.807, 2.05) is 31.2 Å². The number of para-hydroxylation sites is 1. The van der Waals surface area contributed by atoms with Crippen LogP contribution in [0.2, 0.25) is 0 Å². The van der Waals surface area contributed by atoms with Gasteiger partial charge in [-0.3, -0.25) is 0 Å². The fourth-order valence-electron chi connectivity index (χ4n) is 1.74. The first-order valence-electron chi connectivity index (χ1n) is 6.51. The molecule has 0 aliphatic carbocycles. The molecule has 1 aromatic carbocycles. The van der Waals surface area contributed by atoms with E-state index in [0.717, 1.165) is 11.3 Å². The average Bonchev–Trinajstić information content (AvgIpc) is 2.34. The third-order valence-electron chi connectivity index (χ3n) is 2.65. The predicted molar refractivity (Wildman–Crippen MR) is 69.2 cm³/mol. The number of unbranched alkanes of at least 4 members (excludes halogenated alkanes) is 1. The van der Waals surface area contributed by atoms with Crippen LogP contribution in [0.15, 0.2) is 24.3 Å². The van der Waals surface area contributed by atoms with Crippen molar-refractivity contribution in [1.82, 2.24) is 5.32 Å². The van der Waals surface area contributed by atoms with Crippen molar-refractivity contribution in [3.8, 4) is 5.75 Å². The molecule has 0 bridgehead atoms. The van der Waals surface area contributed by atoms with Crippen molar-refractivity contribution in [1.29, 1.82) is 0 Å².